The molecule has 15 heavy (non-hydrogen) atoms. The first-order chi connectivity index (χ1) is 7.41. The molecule has 0 fully saturated rings. The maximum absolute atomic E-state index is 9.99. The fraction of sp³-hybridized carbons (Fsp3) is 0.923. The van der Waals surface area contributed by atoms with Gasteiger partial charge in [-0.1, -0.05) is 51.9 Å². The molecule has 0 bridgehead atoms. The Morgan fingerprint density at radius 2 is 1.47 bits per heavy atom. The number of rotatable bonds is 12. The van der Waals surface area contributed by atoms with Crippen molar-refractivity contribution in [2.45, 2.75) is 64.7 Å². The Kier molecular flexibility index (Phi) is 13.3. The maximum Gasteiger partial charge on any atom is 0.122 e. The molecule has 90 valence electrons. The fourth-order valence-corrected chi connectivity index (χ4v) is 1.57. The third-order valence-corrected chi connectivity index (χ3v) is 2.52. The number of carbonyl (C=O) groups excluding carboxylic acids is 1. The smallest absolute Gasteiger partial charge is 0.122 e. The van der Waals surface area contributed by atoms with Gasteiger partial charge < -0.3 is 9.53 Å². The first-order valence-corrected chi connectivity index (χ1v) is 6.43. The fourth-order valence-electron chi connectivity index (χ4n) is 1.57. The summed E-state index contributed by atoms with van der Waals surface area (Å²) >= 11 is 0. The first kappa shape index (κ1) is 14.6. The average molecular weight is 214 g/mol. The molecule has 0 aliphatic carbocycles. The van der Waals surface area contributed by atoms with Crippen LogP contribution in [-0.2, 0) is 9.53 Å². The first-order valence-electron chi connectivity index (χ1n) is 6.43. The van der Waals surface area contributed by atoms with E-state index in [1.54, 1.807) is 0 Å². The molecule has 0 radical (unpaired) electrons. The Morgan fingerprint density at radius 3 is 2.07 bits per heavy atom. The van der Waals surface area contributed by atoms with Crippen LogP contribution in [0.3, 0.4) is 0 Å². The molecule has 0 atom stereocenters. The molecule has 2 nitrogen and oxygen atoms in total. The molecule has 0 N–H and O–H groups in total. The summed E-state index contributed by atoms with van der Waals surface area (Å²) in [6.07, 6.45) is 12.1. The summed E-state index contributed by atoms with van der Waals surface area (Å²) in [4.78, 5) is 9.99. The molecule has 0 aromatic carbocycles. The minimum Gasteiger partial charge on any atom is -0.381 e. The van der Waals surface area contributed by atoms with Crippen LogP contribution < -0.4 is 0 Å². The number of carbonyl (C=O) groups is 1. The molecule has 0 aliphatic rings. The van der Waals surface area contributed by atoms with Crippen molar-refractivity contribution in [1.29, 1.82) is 0 Å². The van der Waals surface area contributed by atoms with E-state index in [0.29, 0.717) is 13.0 Å². The predicted octanol–water partition coefficient (Wildman–Crippen LogP) is 3.73. The number of unbranched alkanes of at least 4 members (excludes halogenated alkanes) is 7. The van der Waals surface area contributed by atoms with Gasteiger partial charge in [0.2, 0.25) is 0 Å². The molecule has 0 spiro atoms. The lowest BCUT2D eigenvalue weighted by atomic mass is 10.1. The number of hydrogen-bond donors (Lipinski definition) is 0. The van der Waals surface area contributed by atoms with Gasteiger partial charge in [-0.2, -0.15) is 0 Å². The second kappa shape index (κ2) is 13.6. The topological polar surface area (TPSA) is 26.3 Å². The molecule has 0 heterocycles. The Bertz CT molecular complexity index is 124. The van der Waals surface area contributed by atoms with E-state index in [9.17, 15) is 4.79 Å². The summed E-state index contributed by atoms with van der Waals surface area (Å²) in [5.41, 5.74) is 0. The van der Waals surface area contributed by atoms with Crippen LogP contribution in [0.2, 0.25) is 0 Å². The van der Waals surface area contributed by atoms with Crippen LogP contribution >= 0.6 is 0 Å². The summed E-state index contributed by atoms with van der Waals surface area (Å²) in [6, 6.07) is 0. The van der Waals surface area contributed by atoms with Crippen LogP contribution in [0.1, 0.15) is 64.7 Å². The van der Waals surface area contributed by atoms with Crippen LogP contribution in [0, 0.1) is 0 Å². The molecule has 0 aromatic heterocycles. The number of aldehydes is 1. The van der Waals surface area contributed by atoms with Gasteiger partial charge in [-0.25, -0.2) is 0 Å². The highest BCUT2D eigenvalue weighted by molar-refractivity contribution is 5.49. The lowest BCUT2D eigenvalue weighted by molar-refractivity contribution is -0.108. The zero-order chi connectivity index (χ0) is 11.2. The second-order valence-electron chi connectivity index (χ2n) is 4.04. The summed E-state index contributed by atoms with van der Waals surface area (Å²) < 4.78 is 5.29. The molecule has 0 rings (SSSR count). The van der Waals surface area contributed by atoms with Crippen LogP contribution in [0.15, 0.2) is 0 Å². The molecular formula is C13H26O2. The molecule has 0 unspecified atom stereocenters. The monoisotopic (exact) mass is 214 g/mol. The Labute approximate surface area is 94.4 Å². The summed E-state index contributed by atoms with van der Waals surface area (Å²) in [7, 11) is 0. The number of hydrogen-bond acceptors (Lipinski definition) is 2. The van der Waals surface area contributed by atoms with Crippen molar-refractivity contribution < 1.29 is 9.53 Å². The largest absolute Gasteiger partial charge is 0.381 e. The van der Waals surface area contributed by atoms with Crippen molar-refractivity contribution in [3.8, 4) is 0 Å². The lowest BCUT2D eigenvalue weighted by Gasteiger charge is -2.02. The molecule has 2 heteroatoms. The van der Waals surface area contributed by atoms with Gasteiger partial charge in [0.15, 0.2) is 0 Å². The van der Waals surface area contributed by atoms with Gasteiger partial charge >= 0.3 is 0 Å². The highest BCUT2D eigenvalue weighted by atomic mass is 16.5. The predicted molar refractivity (Wildman–Crippen MR) is 64.1 cm³/mol. The van der Waals surface area contributed by atoms with Gasteiger partial charge in [0, 0.05) is 13.0 Å². The SMILES string of the molecule is CCCCCCCCCCOCCC=O. The van der Waals surface area contributed by atoms with Crippen LogP contribution in [0.4, 0.5) is 0 Å². The van der Waals surface area contributed by atoms with E-state index in [1.807, 2.05) is 0 Å². The Hall–Kier alpha value is -0.370. The summed E-state index contributed by atoms with van der Waals surface area (Å²) in [6.45, 7) is 3.67. The highest BCUT2D eigenvalue weighted by Crippen LogP contribution is 2.08. The van der Waals surface area contributed by atoms with Crippen LogP contribution in [0.5, 0.6) is 0 Å². The van der Waals surface area contributed by atoms with E-state index in [4.69, 9.17) is 4.74 Å². The zero-order valence-corrected chi connectivity index (χ0v) is 10.2. The van der Waals surface area contributed by atoms with Gasteiger partial charge in [-0.3, -0.25) is 0 Å². The quantitative estimate of drug-likeness (QED) is 0.365. The van der Waals surface area contributed by atoms with E-state index in [2.05, 4.69) is 6.92 Å². The van der Waals surface area contributed by atoms with Gasteiger partial charge in [0.05, 0.1) is 6.61 Å². The summed E-state index contributed by atoms with van der Waals surface area (Å²) in [5.74, 6) is 0. The second-order valence-corrected chi connectivity index (χ2v) is 4.04. The van der Waals surface area contributed by atoms with Gasteiger partial charge in [0.1, 0.15) is 6.29 Å². The van der Waals surface area contributed by atoms with Crippen molar-refractivity contribution in [3.05, 3.63) is 0 Å². The maximum atomic E-state index is 9.99. The van der Waals surface area contributed by atoms with Crippen molar-refractivity contribution in [1.82, 2.24) is 0 Å². The minimum absolute atomic E-state index is 0.539. The van der Waals surface area contributed by atoms with Crippen molar-refractivity contribution in [2.24, 2.45) is 0 Å². The molecule has 0 aliphatic heterocycles. The summed E-state index contributed by atoms with van der Waals surface area (Å²) in [5, 5.41) is 0. The van der Waals surface area contributed by atoms with Gasteiger partial charge in [-0.15, -0.1) is 0 Å². The third-order valence-electron chi connectivity index (χ3n) is 2.52. The Balaban J connectivity index is 2.83. The van der Waals surface area contributed by atoms with E-state index in [-0.39, 0.29) is 0 Å². The van der Waals surface area contributed by atoms with Gasteiger partial charge in [0.25, 0.3) is 0 Å². The van der Waals surface area contributed by atoms with Crippen LogP contribution in [0.25, 0.3) is 0 Å². The molecule has 0 saturated carbocycles. The van der Waals surface area contributed by atoms with Gasteiger partial charge in [-0.05, 0) is 6.42 Å². The van der Waals surface area contributed by atoms with E-state index < -0.39 is 0 Å². The van der Waals surface area contributed by atoms with Crippen molar-refractivity contribution >= 4 is 6.29 Å². The third kappa shape index (κ3) is 13.6. The molecular weight excluding hydrogens is 188 g/mol. The van der Waals surface area contributed by atoms with Crippen molar-refractivity contribution in [2.75, 3.05) is 13.2 Å². The standard InChI is InChI=1S/C13H26O2/c1-2-3-4-5-6-7-8-9-12-15-13-10-11-14/h11H,2-10,12-13H2,1H3. The molecule has 0 amide bonds. The lowest BCUT2D eigenvalue weighted by Crippen LogP contribution is -1.97. The minimum atomic E-state index is 0.539. The average Bonchev–Trinajstić information content (AvgIpc) is 2.26. The van der Waals surface area contributed by atoms with Crippen molar-refractivity contribution in [3.63, 3.8) is 0 Å². The van der Waals surface area contributed by atoms with E-state index in [0.717, 1.165) is 19.3 Å². The van der Waals surface area contributed by atoms with E-state index >= 15 is 0 Å². The number of ether oxygens (including phenoxy) is 1. The van der Waals surface area contributed by atoms with E-state index in [1.165, 1.54) is 44.9 Å². The normalized spacial score (nSPS) is 10.5. The molecule has 0 aromatic rings. The zero-order valence-electron chi connectivity index (χ0n) is 10.2. The molecule has 0 saturated heterocycles. The Morgan fingerprint density at radius 1 is 0.867 bits per heavy atom. The van der Waals surface area contributed by atoms with Crippen LogP contribution in [-0.4, -0.2) is 19.5 Å². The highest BCUT2D eigenvalue weighted by Gasteiger charge is 1.92.